The van der Waals surface area contributed by atoms with Gasteiger partial charge in [0.25, 0.3) is 0 Å². The molecule has 0 aliphatic carbocycles. The minimum absolute atomic E-state index is 0.399. The van der Waals surface area contributed by atoms with Crippen LogP contribution in [-0.4, -0.2) is 53.7 Å². The summed E-state index contributed by atoms with van der Waals surface area (Å²) in [6.07, 6.45) is -4.39. The third-order valence-corrected chi connectivity index (χ3v) is 9.66. The number of aryl methyl sites for hydroxylation is 2. The highest BCUT2D eigenvalue weighted by atomic mass is 32.2. The molecular weight excluding hydrogens is 595 g/mol. The van der Waals surface area contributed by atoms with Crippen molar-refractivity contribution in [2.75, 3.05) is 37.7 Å². The molecule has 1 aliphatic heterocycles. The van der Waals surface area contributed by atoms with Crippen molar-refractivity contribution in [3.8, 4) is 16.3 Å². The summed E-state index contributed by atoms with van der Waals surface area (Å²) < 4.78 is 44.8. The molecule has 0 radical (unpaired) electrons. The smallest absolute Gasteiger partial charge is 0.416 e. The number of para-hydroxylation sites is 1. The fourth-order valence-corrected chi connectivity index (χ4v) is 7.16. The Labute approximate surface area is 257 Å². The molecular formula is C32H32F3N3O3S2. The number of carbonyl (C=O) groups is 1. The molecule has 2 heterocycles. The maximum Gasteiger partial charge on any atom is 0.416 e. The van der Waals surface area contributed by atoms with E-state index in [9.17, 15) is 18.0 Å². The molecule has 0 saturated carbocycles. The van der Waals surface area contributed by atoms with Gasteiger partial charge in [0.2, 0.25) is 0 Å². The Balaban J connectivity index is 1.32. The van der Waals surface area contributed by atoms with Crippen molar-refractivity contribution in [1.82, 2.24) is 9.88 Å². The molecule has 4 aromatic rings. The molecule has 0 spiro atoms. The van der Waals surface area contributed by atoms with Crippen LogP contribution in [-0.2, 0) is 23.3 Å². The lowest BCUT2D eigenvalue weighted by Crippen LogP contribution is -2.46. The normalized spacial score (nSPS) is 14.2. The van der Waals surface area contributed by atoms with Gasteiger partial charge in [-0.2, -0.15) is 13.2 Å². The topological polar surface area (TPSA) is 65.9 Å². The molecule has 3 aromatic carbocycles. The monoisotopic (exact) mass is 627 g/mol. The van der Waals surface area contributed by atoms with Crippen LogP contribution in [0.4, 0.5) is 18.9 Å². The van der Waals surface area contributed by atoms with Gasteiger partial charge in [0.1, 0.15) is 10.8 Å². The minimum atomic E-state index is -4.39. The van der Waals surface area contributed by atoms with Crippen LogP contribution in [0, 0.1) is 13.8 Å². The average Bonchev–Trinajstić information content (AvgIpc) is 3.38. The molecule has 43 heavy (non-hydrogen) atoms. The molecule has 11 heteroatoms. The Morgan fingerprint density at radius 1 is 1.00 bits per heavy atom. The number of rotatable bonds is 10. The number of aliphatic carboxylic acids is 1. The van der Waals surface area contributed by atoms with Crippen molar-refractivity contribution in [2.45, 2.75) is 37.2 Å². The van der Waals surface area contributed by atoms with Crippen LogP contribution in [0.5, 0.6) is 5.75 Å². The quantitative estimate of drug-likeness (QED) is 0.183. The van der Waals surface area contributed by atoms with Crippen molar-refractivity contribution in [3.63, 3.8) is 0 Å². The number of alkyl halides is 3. The molecule has 0 bridgehead atoms. The molecule has 0 atom stereocenters. The predicted molar refractivity (Wildman–Crippen MR) is 165 cm³/mol. The minimum Gasteiger partial charge on any atom is -0.482 e. The third kappa shape index (κ3) is 7.90. The van der Waals surface area contributed by atoms with Crippen LogP contribution in [0.25, 0.3) is 10.6 Å². The zero-order valence-electron chi connectivity index (χ0n) is 23.9. The molecule has 1 N–H and O–H groups in total. The summed E-state index contributed by atoms with van der Waals surface area (Å²) in [5.41, 5.74) is 4.28. The van der Waals surface area contributed by atoms with E-state index >= 15 is 0 Å². The van der Waals surface area contributed by atoms with E-state index in [0.717, 1.165) is 59.3 Å². The van der Waals surface area contributed by atoms with Crippen molar-refractivity contribution in [3.05, 3.63) is 94.0 Å². The summed E-state index contributed by atoms with van der Waals surface area (Å²) in [5, 5.41) is 9.59. The summed E-state index contributed by atoms with van der Waals surface area (Å²) in [7, 11) is 0. The molecule has 0 amide bonds. The Bertz CT molecular complexity index is 1570. The van der Waals surface area contributed by atoms with Gasteiger partial charge in [-0.15, -0.1) is 23.1 Å². The standard InChI is InChI=1S/C32H32F3N3O3S2/c1-21-5-3-4-6-27(21)38-15-13-37(14-16-38)18-26-29(20-42-25-11-12-28(22(2)17-25)41-19-30(39)40)43-31(36-26)23-7-9-24(10-8-23)32(33,34)35/h3-12,17H,13-16,18-20H2,1-2H3,(H,39,40). The number of benzene rings is 3. The van der Waals surface area contributed by atoms with Crippen molar-refractivity contribution in [1.29, 1.82) is 0 Å². The molecule has 1 aliphatic rings. The first-order valence-electron chi connectivity index (χ1n) is 13.8. The zero-order chi connectivity index (χ0) is 30.6. The number of hydrogen-bond acceptors (Lipinski definition) is 7. The average molecular weight is 628 g/mol. The molecule has 226 valence electrons. The van der Waals surface area contributed by atoms with E-state index in [1.54, 1.807) is 17.8 Å². The third-order valence-electron chi connectivity index (χ3n) is 7.31. The number of carboxylic acids is 1. The van der Waals surface area contributed by atoms with Gasteiger partial charge in [-0.1, -0.05) is 30.3 Å². The highest BCUT2D eigenvalue weighted by Gasteiger charge is 2.30. The summed E-state index contributed by atoms with van der Waals surface area (Å²) >= 11 is 3.15. The van der Waals surface area contributed by atoms with Gasteiger partial charge in [0.15, 0.2) is 6.61 Å². The van der Waals surface area contributed by atoms with E-state index in [4.69, 9.17) is 14.8 Å². The fourth-order valence-electron chi connectivity index (χ4n) is 4.98. The maximum absolute atomic E-state index is 13.1. The lowest BCUT2D eigenvalue weighted by atomic mass is 10.1. The van der Waals surface area contributed by atoms with Crippen LogP contribution in [0.15, 0.2) is 71.6 Å². The van der Waals surface area contributed by atoms with Gasteiger partial charge in [-0.25, -0.2) is 9.78 Å². The Kier molecular flexibility index (Phi) is 9.63. The molecule has 5 rings (SSSR count). The van der Waals surface area contributed by atoms with E-state index in [-0.39, 0.29) is 0 Å². The summed E-state index contributed by atoms with van der Waals surface area (Å²) in [5.74, 6) is 0.140. The van der Waals surface area contributed by atoms with Crippen LogP contribution in [0.2, 0.25) is 0 Å². The number of ether oxygens (including phenoxy) is 1. The maximum atomic E-state index is 13.1. The van der Waals surface area contributed by atoms with E-state index in [1.165, 1.54) is 34.7 Å². The number of nitrogens with zero attached hydrogens (tertiary/aromatic N) is 3. The Morgan fingerprint density at radius 3 is 2.37 bits per heavy atom. The second kappa shape index (κ2) is 13.4. The van der Waals surface area contributed by atoms with Crippen molar-refractivity contribution >= 4 is 34.8 Å². The predicted octanol–water partition coefficient (Wildman–Crippen LogP) is 7.52. The van der Waals surface area contributed by atoms with Crippen LogP contribution in [0.1, 0.15) is 27.3 Å². The van der Waals surface area contributed by atoms with Gasteiger partial charge in [0.05, 0.1) is 11.3 Å². The van der Waals surface area contributed by atoms with Gasteiger partial charge in [-0.3, -0.25) is 4.90 Å². The first-order chi connectivity index (χ1) is 20.6. The Hall–Kier alpha value is -3.54. The molecule has 1 saturated heterocycles. The van der Waals surface area contributed by atoms with Crippen molar-refractivity contribution < 1.29 is 27.8 Å². The zero-order valence-corrected chi connectivity index (χ0v) is 25.5. The first kappa shape index (κ1) is 30.9. The number of thioether (sulfide) groups is 1. The first-order valence-corrected chi connectivity index (χ1v) is 15.6. The second-order valence-electron chi connectivity index (χ2n) is 10.4. The fraction of sp³-hybridized carbons (Fsp3) is 0.312. The summed E-state index contributed by atoms with van der Waals surface area (Å²) in [6.45, 7) is 7.83. The SMILES string of the molecule is Cc1cc(SCc2sc(-c3ccc(C(F)(F)F)cc3)nc2CN2CCN(c3ccccc3C)CC2)ccc1OCC(=O)O. The number of piperazine rings is 1. The van der Waals surface area contributed by atoms with Crippen molar-refractivity contribution in [2.24, 2.45) is 0 Å². The Morgan fingerprint density at radius 2 is 1.72 bits per heavy atom. The van der Waals surface area contributed by atoms with Gasteiger partial charge < -0.3 is 14.7 Å². The number of aromatic nitrogens is 1. The number of hydrogen-bond donors (Lipinski definition) is 1. The number of anilines is 1. The molecule has 1 fully saturated rings. The van der Waals surface area contributed by atoms with E-state index in [2.05, 4.69) is 34.9 Å². The van der Waals surface area contributed by atoms with Crippen LogP contribution in [0.3, 0.4) is 0 Å². The number of halogens is 3. The largest absolute Gasteiger partial charge is 0.482 e. The summed E-state index contributed by atoms with van der Waals surface area (Å²) in [4.78, 5) is 22.7. The highest BCUT2D eigenvalue weighted by Crippen LogP contribution is 2.36. The second-order valence-corrected chi connectivity index (χ2v) is 12.5. The highest BCUT2D eigenvalue weighted by molar-refractivity contribution is 7.98. The lowest BCUT2D eigenvalue weighted by Gasteiger charge is -2.36. The van der Waals surface area contributed by atoms with E-state index in [1.807, 2.05) is 25.1 Å². The number of thiazole rings is 1. The van der Waals surface area contributed by atoms with Crippen LogP contribution >= 0.6 is 23.1 Å². The van der Waals surface area contributed by atoms with Gasteiger partial charge in [0, 0.05) is 59.5 Å². The number of carboxylic acid groups (broad SMARTS) is 1. The lowest BCUT2D eigenvalue weighted by molar-refractivity contribution is -0.139. The molecule has 6 nitrogen and oxygen atoms in total. The van der Waals surface area contributed by atoms with Gasteiger partial charge >= 0.3 is 12.1 Å². The van der Waals surface area contributed by atoms with Crippen LogP contribution < -0.4 is 9.64 Å². The molecule has 1 aromatic heterocycles. The summed E-state index contributed by atoms with van der Waals surface area (Å²) in [6, 6.07) is 19.2. The van der Waals surface area contributed by atoms with E-state index < -0.39 is 24.3 Å². The van der Waals surface area contributed by atoms with E-state index in [0.29, 0.717) is 28.6 Å². The van der Waals surface area contributed by atoms with Gasteiger partial charge in [-0.05, 0) is 61.4 Å². The molecule has 0 unspecified atom stereocenters.